The highest BCUT2D eigenvalue weighted by atomic mass is 16.4. The van der Waals surface area contributed by atoms with Crippen LogP contribution in [0, 0.1) is 0 Å². The highest BCUT2D eigenvalue weighted by Crippen LogP contribution is 2.06. The SMILES string of the molecule is O=C(NCc1ccccc1)[C@H](O)[C@H](O)[C@@H](O)[C@@H](O)CO. The van der Waals surface area contributed by atoms with Crippen LogP contribution in [0.15, 0.2) is 30.3 Å². The molecule has 7 nitrogen and oxygen atoms in total. The fourth-order valence-electron chi connectivity index (χ4n) is 1.57. The smallest absolute Gasteiger partial charge is 0.251 e. The van der Waals surface area contributed by atoms with Crippen molar-refractivity contribution in [3.63, 3.8) is 0 Å². The number of aliphatic hydroxyl groups excluding tert-OH is 5. The minimum atomic E-state index is -1.91. The lowest BCUT2D eigenvalue weighted by Gasteiger charge is -2.24. The highest BCUT2D eigenvalue weighted by Gasteiger charge is 2.33. The van der Waals surface area contributed by atoms with Crippen LogP contribution in [-0.4, -0.2) is 62.5 Å². The zero-order chi connectivity index (χ0) is 15.1. The van der Waals surface area contributed by atoms with Crippen LogP contribution >= 0.6 is 0 Å². The molecule has 0 spiro atoms. The van der Waals surface area contributed by atoms with Crippen LogP contribution in [-0.2, 0) is 11.3 Å². The van der Waals surface area contributed by atoms with Crippen molar-refractivity contribution in [1.29, 1.82) is 0 Å². The van der Waals surface area contributed by atoms with Gasteiger partial charge in [-0.1, -0.05) is 30.3 Å². The zero-order valence-electron chi connectivity index (χ0n) is 10.8. The van der Waals surface area contributed by atoms with Crippen LogP contribution in [0.25, 0.3) is 0 Å². The summed E-state index contributed by atoms with van der Waals surface area (Å²) in [5.74, 6) is -0.884. The summed E-state index contributed by atoms with van der Waals surface area (Å²) in [6.45, 7) is -0.640. The number of hydrogen-bond donors (Lipinski definition) is 6. The Kier molecular flexibility index (Phi) is 6.56. The molecule has 6 N–H and O–H groups in total. The summed E-state index contributed by atoms with van der Waals surface area (Å²) in [6, 6.07) is 8.93. The van der Waals surface area contributed by atoms with Crippen molar-refractivity contribution in [1.82, 2.24) is 5.32 Å². The predicted octanol–water partition coefficient (Wildman–Crippen LogP) is -2.26. The highest BCUT2D eigenvalue weighted by molar-refractivity contribution is 5.81. The Morgan fingerprint density at radius 3 is 2.20 bits per heavy atom. The minimum Gasteiger partial charge on any atom is -0.394 e. The molecule has 7 heteroatoms. The lowest BCUT2D eigenvalue weighted by atomic mass is 10.0. The van der Waals surface area contributed by atoms with E-state index in [0.717, 1.165) is 5.56 Å². The van der Waals surface area contributed by atoms with Gasteiger partial charge in [0.05, 0.1) is 6.61 Å². The maximum Gasteiger partial charge on any atom is 0.251 e. The lowest BCUT2D eigenvalue weighted by Crippen LogP contribution is -2.51. The van der Waals surface area contributed by atoms with Crippen LogP contribution in [0.1, 0.15) is 5.56 Å². The molecule has 0 aliphatic carbocycles. The Morgan fingerprint density at radius 2 is 1.65 bits per heavy atom. The Labute approximate surface area is 116 Å². The van der Waals surface area contributed by atoms with Gasteiger partial charge in [-0.3, -0.25) is 4.79 Å². The van der Waals surface area contributed by atoms with E-state index in [1.165, 1.54) is 0 Å². The van der Waals surface area contributed by atoms with Crippen molar-refractivity contribution in [2.45, 2.75) is 31.0 Å². The molecule has 4 atom stereocenters. The molecule has 0 radical (unpaired) electrons. The summed E-state index contributed by atoms with van der Waals surface area (Å²) >= 11 is 0. The number of rotatable bonds is 7. The van der Waals surface area contributed by atoms with Crippen molar-refractivity contribution in [2.75, 3.05) is 6.61 Å². The summed E-state index contributed by atoms with van der Waals surface area (Å²) in [7, 11) is 0. The molecule has 20 heavy (non-hydrogen) atoms. The van der Waals surface area contributed by atoms with Gasteiger partial charge in [-0.15, -0.1) is 0 Å². The number of carbonyl (C=O) groups is 1. The number of hydrogen-bond acceptors (Lipinski definition) is 6. The van der Waals surface area contributed by atoms with Gasteiger partial charge >= 0.3 is 0 Å². The van der Waals surface area contributed by atoms with Gasteiger partial charge in [-0.25, -0.2) is 0 Å². The first-order valence-electron chi connectivity index (χ1n) is 6.12. The van der Waals surface area contributed by atoms with E-state index in [-0.39, 0.29) is 6.54 Å². The van der Waals surface area contributed by atoms with E-state index in [9.17, 15) is 20.1 Å². The average Bonchev–Trinajstić information content (AvgIpc) is 2.50. The third-order valence-corrected chi connectivity index (χ3v) is 2.83. The molecule has 0 bridgehead atoms. The van der Waals surface area contributed by atoms with E-state index in [2.05, 4.69) is 5.32 Å². The summed E-state index contributed by atoms with van der Waals surface area (Å²) in [5, 5.41) is 48.6. The molecular formula is C13H19NO6. The van der Waals surface area contributed by atoms with Gasteiger partial charge in [0.15, 0.2) is 6.10 Å². The van der Waals surface area contributed by atoms with Crippen molar-refractivity contribution in [3.05, 3.63) is 35.9 Å². The first-order valence-corrected chi connectivity index (χ1v) is 6.12. The maximum atomic E-state index is 11.6. The quantitative estimate of drug-likeness (QED) is 0.335. The molecule has 1 aromatic carbocycles. The standard InChI is InChI=1S/C13H19NO6/c15-7-9(16)10(17)11(18)12(19)13(20)14-6-8-4-2-1-3-5-8/h1-5,9-12,15-19H,6-7H2,(H,14,20)/t9-,10-,11+,12+/m0/s1. The Balaban J connectivity index is 2.50. The largest absolute Gasteiger partial charge is 0.394 e. The minimum absolute atomic E-state index is 0.155. The lowest BCUT2D eigenvalue weighted by molar-refractivity contribution is -0.149. The molecule has 0 aliphatic rings. The molecule has 0 aromatic heterocycles. The maximum absolute atomic E-state index is 11.6. The van der Waals surface area contributed by atoms with E-state index in [0.29, 0.717) is 0 Å². The number of benzene rings is 1. The van der Waals surface area contributed by atoms with Crippen molar-refractivity contribution < 1.29 is 30.3 Å². The third kappa shape index (κ3) is 4.55. The molecule has 0 unspecified atom stereocenters. The Hall–Kier alpha value is -1.51. The summed E-state index contributed by atoms with van der Waals surface area (Å²) < 4.78 is 0. The van der Waals surface area contributed by atoms with Crippen molar-refractivity contribution in [2.24, 2.45) is 0 Å². The Bertz CT molecular complexity index is 413. The van der Waals surface area contributed by atoms with Gasteiger partial charge in [-0.05, 0) is 5.56 Å². The first kappa shape index (κ1) is 16.5. The van der Waals surface area contributed by atoms with Gasteiger partial charge in [0.25, 0.3) is 5.91 Å². The zero-order valence-corrected chi connectivity index (χ0v) is 10.8. The van der Waals surface area contributed by atoms with Gasteiger partial charge in [0.1, 0.15) is 18.3 Å². The molecule has 1 aromatic rings. The second kappa shape index (κ2) is 7.93. The van der Waals surface area contributed by atoms with E-state index >= 15 is 0 Å². The normalized spacial score (nSPS) is 17.1. The van der Waals surface area contributed by atoms with Crippen LogP contribution in [0.2, 0.25) is 0 Å². The fraction of sp³-hybridized carbons (Fsp3) is 0.462. The molecule has 112 valence electrons. The van der Waals surface area contributed by atoms with Crippen molar-refractivity contribution in [3.8, 4) is 0 Å². The van der Waals surface area contributed by atoms with Crippen LogP contribution < -0.4 is 5.32 Å². The van der Waals surface area contributed by atoms with Gasteiger partial charge in [-0.2, -0.15) is 0 Å². The number of amides is 1. The number of carbonyl (C=O) groups excluding carboxylic acids is 1. The second-order valence-electron chi connectivity index (χ2n) is 4.38. The number of aliphatic hydroxyl groups is 5. The average molecular weight is 285 g/mol. The molecule has 0 aliphatic heterocycles. The van der Waals surface area contributed by atoms with Crippen LogP contribution in [0.3, 0.4) is 0 Å². The van der Waals surface area contributed by atoms with E-state index in [1.807, 2.05) is 6.07 Å². The van der Waals surface area contributed by atoms with E-state index in [1.54, 1.807) is 24.3 Å². The number of nitrogens with one attached hydrogen (secondary N) is 1. The summed E-state index contributed by atoms with van der Waals surface area (Å²) in [4.78, 5) is 11.6. The molecule has 1 amide bonds. The second-order valence-corrected chi connectivity index (χ2v) is 4.38. The third-order valence-electron chi connectivity index (χ3n) is 2.83. The van der Waals surface area contributed by atoms with Gasteiger partial charge in [0, 0.05) is 6.54 Å². The summed E-state index contributed by atoms with van der Waals surface area (Å²) in [5.41, 5.74) is 0.804. The molecular weight excluding hydrogens is 266 g/mol. The monoisotopic (exact) mass is 285 g/mol. The molecule has 1 rings (SSSR count). The van der Waals surface area contributed by atoms with Crippen molar-refractivity contribution >= 4 is 5.91 Å². The van der Waals surface area contributed by atoms with E-state index in [4.69, 9.17) is 10.2 Å². The van der Waals surface area contributed by atoms with Gasteiger partial charge in [0.2, 0.25) is 0 Å². The topological polar surface area (TPSA) is 130 Å². The van der Waals surface area contributed by atoms with Gasteiger partial charge < -0.3 is 30.8 Å². The molecule has 0 heterocycles. The predicted molar refractivity (Wildman–Crippen MR) is 69.4 cm³/mol. The van der Waals surface area contributed by atoms with Crippen LogP contribution in [0.5, 0.6) is 0 Å². The molecule has 0 saturated carbocycles. The summed E-state index contributed by atoms with van der Waals surface area (Å²) in [6.07, 6.45) is -7.26. The Morgan fingerprint density at radius 1 is 1.05 bits per heavy atom. The first-order chi connectivity index (χ1) is 9.47. The van der Waals surface area contributed by atoms with Crippen LogP contribution in [0.4, 0.5) is 0 Å². The van der Waals surface area contributed by atoms with E-state index < -0.39 is 36.9 Å². The fourth-order valence-corrected chi connectivity index (χ4v) is 1.57. The molecule has 0 saturated heterocycles. The molecule has 0 fully saturated rings.